The molecule has 0 spiro atoms. The highest BCUT2D eigenvalue weighted by Crippen LogP contribution is 2.14. The first-order valence-electron chi connectivity index (χ1n) is 4.03. The zero-order valence-corrected chi connectivity index (χ0v) is 6.92. The van der Waals surface area contributed by atoms with E-state index in [1.54, 1.807) is 0 Å². The van der Waals surface area contributed by atoms with Crippen LogP contribution in [-0.2, 0) is 4.79 Å². The molecular formula is C8H16O3. The summed E-state index contributed by atoms with van der Waals surface area (Å²) in [5.74, 6) is -0.612. The largest absolute Gasteiger partial charge is 0.481 e. The third kappa shape index (κ3) is 5.85. The Morgan fingerprint density at radius 3 is 2.45 bits per heavy atom. The number of rotatable bonds is 6. The minimum Gasteiger partial charge on any atom is -0.481 e. The highest BCUT2D eigenvalue weighted by Gasteiger charge is 2.10. The molecule has 3 heteroatoms. The molecule has 1 atom stereocenters. The average molecular weight is 160 g/mol. The van der Waals surface area contributed by atoms with E-state index < -0.39 is 5.97 Å². The first kappa shape index (κ1) is 10.4. The summed E-state index contributed by atoms with van der Waals surface area (Å²) in [6.45, 7) is 2.12. The lowest BCUT2D eigenvalue weighted by atomic mass is 9.97. The van der Waals surface area contributed by atoms with Crippen molar-refractivity contribution >= 4 is 5.97 Å². The van der Waals surface area contributed by atoms with Gasteiger partial charge in [-0.1, -0.05) is 19.8 Å². The number of hydrogen-bond donors (Lipinski definition) is 2. The maximum atomic E-state index is 10.3. The van der Waals surface area contributed by atoms with Crippen molar-refractivity contribution in [1.82, 2.24) is 0 Å². The summed E-state index contributed by atoms with van der Waals surface area (Å²) >= 11 is 0. The van der Waals surface area contributed by atoms with Crippen LogP contribution in [0.1, 0.15) is 32.6 Å². The SMILES string of the molecule is CCCC(CCO)CC(=O)O. The van der Waals surface area contributed by atoms with Crippen molar-refractivity contribution in [2.75, 3.05) is 6.61 Å². The van der Waals surface area contributed by atoms with Gasteiger partial charge in [-0.3, -0.25) is 4.79 Å². The van der Waals surface area contributed by atoms with Gasteiger partial charge in [-0.15, -0.1) is 0 Å². The Bertz CT molecular complexity index is 106. The molecule has 11 heavy (non-hydrogen) atoms. The Morgan fingerprint density at radius 1 is 1.45 bits per heavy atom. The fraction of sp³-hybridized carbons (Fsp3) is 0.875. The molecule has 0 saturated heterocycles. The van der Waals surface area contributed by atoms with Crippen molar-refractivity contribution in [3.63, 3.8) is 0 Å². The van der Waals surface area contributed by atoms with E-state index >= 15 is 0 Å². The maximum Gasteiger partial charge on any atom is 0.303 e. The predicted molar refractivity (Wildman–Crippen MR) is 42.4 cm³/mol. The molecule has 0 aromatic carbocycles. The summed E-state index contributed by atoms with van der Waals surface area (Å²) in [7, 11) is 0. The average Bonchev–Trinajstić information content (AvgIpc) is 1.87. The predicted octanol–water partition coefficient (Wildman–Crippen LogP) is 1.26. The minimum atomic E-state index is -0.767. The summed E-state index contributed by atoms with van der Waals surface area (Å²) in [6, 6.07) is 0. The summed E-state index contributed by atoms with van der Waals surface area (Å²) in [6.07, 6.45) is 2.68. The van der Waals surface area contributed by atoms with E-state index in [2.05, 4.69) is 0 Å². The molecule has 3 nitrogen and oxygen atoms in total. The van der Waals surface area contributed by atoms with Crippen molar-refractivity contribution in [3.8, 4) is 0 Å². The lowest BCUT2D eigenvalue weighted by Crippen LogP contribution is -2.09. The Hall–Kier alpha value is -0.570. The van der Waals surface area contributed by atoms with E-state index in [0.29, 0.717) is 6.42 Å². The Labute approximate surface area is 67.0 Å². The highest BCUT2D eigenvalue weighted by molar-refractivity contribution is 5.66. The highest BCUT2D eigenvalue weighted by atomic mass is 16.4. The number of carboxylic acids is 1. The quantitative estimate of drug-likeness (QED) is 0.615. The van der Waals surface area contributed by atoms with Gasteiger partial charge in [0.25, 0.3) is 0 Å². The van der Waals surface area contributed by atoms with Crippen LogP contribution in [0.2, 0.25) is 0 Å². The van der Waals surface area contributed by atoms with E-state index in [0.717, 1.165) is 12.8 Å². The van der Waals surface area contributed by atoms with Gasteiger partial charge in [-0.2, -0.15) is 0 Å². The van der Waals surface area contributed by atoms with Crippen molar-refractivity contribution < 1.29 is 15.0 Å². The number of aliphatic hydroxyl groups is 1. The van der Waals surface area contributed by atoms with Gasteiger partial charge in [0.15, 0.2) is 0 Å². The molecule has 0 aromatic heterocycles. The van der Waals surface area contributed by atoms with E-state index in [1.807, 2.05) is 6.92 Å². The molecule has 2 N–H and O–H groups in total. The number of aliphatic hydroxyl groups excluding tert-OH is 1. The van der Waals surface area contributed by atoms with Crippen LogP contribution in [0, 0.1) is 5.92 Å². The minimum absolute atomic E-state index is 0.0952. The smallest absolute Gasteiger partial charge is 0.303 e. The van der Waals surface area contributed by atoms with Gasteiger partial charge in [0.2, 0.25) is 0 Å². The lowest BCUT2D eigenvalue weighted by Gasteiger charge is -2.10. The third-order valence-electron chi connectivity index (χ3n) is 1.70. The first-order chi connectivity index (χ1) is 5.20. The van der Waals surface area contributed by atoms with Crippen molar-refractivity contribution in [2.45, 2.75) is 32.6 Å². The molecular weight excluding hydrogens is 144 g/mol. The van der Waals surface area contributed by atoms with Gasteiger partial charge in [0.1, 0.15) is 0 Å². The second-order valence-corrected chi connectivity index (χ2v) is 2.76. The first-order valence-corrected chi connectivity index (χ1v) is 4.03. The van der Waals surface area contributed by atoms with E-state index in [4.69, 9.17) is 10.2 Å². The number of aliphatic carboxylic acids is 1. The van der Waals surface area contributed by atoms with E-state index in [-0.39, 0.29) is 18.9 Å². The van der Waals surface area contributed by atoms with Crippen LogP contribution >= 0.6 is 0 Å². The van der Waals surface area contributed by atoms with Crippen LogP contribution in [0.25, 0.3) is 0 Å². The Kier molecular flexibility index (Phi) is 5.84. The zero-order valence-electron chi connectivity index (χ0n) is 6.92. The van der Waals surface area contributed by atoms with Crippen LogP contribution < -0.4 is 0 Å². The molecule has 0 aliphatic rings. The van der Waals surface area contributed by atoms with Crippen LogP contribution in [-0.4, -0.2) is 22.8 Å². The fourth-order valence-electron chi connectivity index (χ4n) is 1.19. The molecule has 66 valence electrons. The zero-order chi connectivity index (χ0) is 8.69. The summed E-state index contributed by atoms with van der Waals surface area (Å²) in [5.41, 5.74) is 0. The van der Waals surface area contributed by atoms with Crippen molar-refractivity contribution in [1.29, 1.82) is 0 Å². The van der Waals surface area contributed by atoms with Gasteiger partial charge in [0, 0.05) is 13.0 Å². The van der Waals surface area contributed by atoms with Crippen molar-refractivity contribution in [3.05, 3.63) is 0 Å². The summed E-state index contributed by atoms with van der Waals surface area (Å²) in [4.78, 5) is 10.3. The van der Waals surface area contributed by atoms with Gasteiger partial charge in [-0.05, 0) is 12.3 Å². The number of hydrogen-bond acceptors (Lipinski definition) is 2. The Balaban J connectivity index is 3.59. The van der Waals surface area contributed by atoms with Crippen LogP contribution in [0.4, 0.5) is 0 Å². The Morgan fingerprint density at radius 2 is 2.09 bits per heavy atom. The van der Waals surface area contributed by atoms with Gasteiger partial charge in [0.05, 0.1) is 0 Å². The van der Waals surface area contributed by atoms with Crippen LogP contribution in [0.15, 0.2) is 0 Å². The monoisotopic (exact) mass is 160 g/mol. The lowest BCUT2D eigenvalue weighted by molar-refractivity contribution is -0.138. The second-order valence-electron chi connectivity index (χ2n) is 2.76. The number of carbonyl (C=O) groups is 1. The molecule has 0 amide bonds. The summed E-state index contributed by atoms with van der Waals surface area (Å²) in [5, 5.41) is 17.0. The molecule has 0 bridgehead atoms. The summed E-state index contributed by atoms with van der Waals surface area (Å²) < 4.78 is 0. The van der Waals surface area contributed by atoms with Crippen LogP contribution in [0.5, 0.6) is 0 Å². The van der Waals surface area contributed by atoms with E-state index in [9.17, 15) is 4.79 Å². The fourth-order valence-corrected chi connectivity index (χ4v) is 1.19. The van der Waals surface area contributed by atoms with Crippen LogP contribution in [0.3, 0.4) is 0 Å². The van der Waals surface area contributed by atoms with Gasteiger partial charge in [-0.25, -0.2) is 0 Å². The van der Waals surface area contributed by atoms with Crippen molar-refractivity contribution in [2.24, 2.45) is 5.92 Å². The third-order valence-corrected chi connectivity index (χ3v) is 1.70. The molecule has 0 heterocycles. The van der Waals surface area contributed by atoms with E-state index in [1.165, 1.54) is 0 Å². The molecule has 0 aliphatic heterocycles. The molecule has 0 saturated carbocycles. The molecule has 1 unspecified atom stereocenters. The van der Waals surface area contributed by atoms with Gasteiger partial charge >= 0.3 is 5.97 Å². The molecule has 0 radical (unpaired) electrons. The maximum absolute atomic E-state index is 10.3. The standard InChI is InChI=1S/C8H16O3/c1-2-3-7(4-5-9)6-8(10)11/h7,9H,2-6H2,1H3,(H,10,11). The molecule has 0 aromatic rings. The van der Waals surface area contributed by atoms with Gasteiger partial charge < -0.3 is 10.2 Å². The molecule has 0 rings (SSSR count). The molecule has 0 fully saturated rings. The second kappa shape index (κ2) is 6.16. The topological polar surface area (TPSA) is 57.5 Å². The number of carboxylic acid groups (broad SMARTS) is 1. The normalized spacial score (nSPS) is 12.9. The molecule has 0 aliphatic carbocycles.